The Morgan fingerprint density at radius 2 is 2.27 bits per heavy atom. The number of ketones is 1. The second-order valence-corrected chi connectivity index (χ2v) is 4.44. The van der Waals surface area contributed by atoms with Gasteiger partial charge in [-0.15, -0.1) is 11.8 Å². The van der Waals surface area contributed by atoms with Gasteiger partial charge in [0.15, 0.2) is 5.78 Å². The van der Waals surface area contributed by atoms with Crippen LogP contribution in [0.5, 0.6) is 0 Å². The van der Waals surface area contributed by atoms with E-state index >= 15 is 0 Å². The molecule has 0 N–H and O–H groups in total. The van der Waals surface area contributed by atoms with E-state index in [2.05, 4.69) is 10.2 Å². The summed E-state index contributed by atoms with van der Waals surface area (Å²) < 4.78 is 0. The molecule has 0 bridgehead atoms. The van der Waals surface area contributed by atoms with Crippen LogP contribution in [0.3, 0.4) is 0 Å². The second kappa shape index (κ2) is 3.31. The predicted octanol–water partition coefficient (Wildman–Crippen LogP) is 0.765. The number of hydrogen-bond acceptors (Lipinski definition) is 4. The van der Waals surface area contributed by atoms with Crippen molar-refractivity contribution in [1.29, 1.82) is 0 Å². The highest BCUT2D eigenvalue weighted by Crippen LogP contribution is 2.27. The smallest absolute Gasteiger partial charge is 0.176 e. The summed E-state index contributed by atoms with van der Waals surface area (Å²) in [6.45, 7) is 0. The van der Waals surface area contributed by atoms with Crippen LogP contribution in [0, 0.1) is 0 Å². The van der Waals surface area contributed by atoms with Gasteiger partial charge < -0.3 is 0 Å². The van der Waals surface area contributed by atoms with Crippen LogP contribution in [-0.2, 0) is 0 Å². The summed E-state index contributed by atoms with van der Waals surface area (Å²) in [6, 6.07) is 4.01. The minimum Gasteiger partial charge on any atom is -0.293 e. The van der Waals surface area contributed by atoms with Crippen molar-refractivity contribution in [2.24, 2.45) is 10.2 Å². The van der Waals surface area contributed by atoms with Crippen molar-refractivity contribution in [3.63, 3.8) is 0 Å². The quantitative estimate of drug-likeness (QED) is 0.642. The molecule has 3 nitrogen and oxygen atoms in total. The Labute approximate surface area is 90.6 Å². The van der Waals surface area contributed by atoms with Gasteiger partial charge in [0, 0.05) is 17.5 Å². The summed E-state index contributed by atoms with van der Waals surface area (Å²) in [5.74, 6) is 0.700. The summed E-state index contributed by atoms with van der Waals surface area (Å²) in [7, 11) is 0. The van der Waals surface area contributed by atoms with E-state index in [1.54, 1.807) is 18.0 Å². The molecule has 2 aliphatic heterocycles. The average Bonchev–Trinajstić information content (AvgIpc) is 2.51. The number of rotatable bonds is 0. The minimum atomic E-state index is 0.168. The molecule has 2 heterocycles. The fraction of sp³-hybridized carbons (Fsp3) is 0.182. The number of Topliss-reactive ketones (excluding diaryl/α,β-unsaturated/α-hetero) is 1. The molecule has 0 spiro atoms. The van der Waals surface area contributed by atoms with Crippen molar-refractivity contribution in [3.05, 3.63) is 28.3 Å². The molecule has 0 fully saturated rings. The lowest BCUT2D eigenvalue weighted by molar-refractivity contribution is 0.102. The zero-order valence-corrected chi connectivity index (χ0v) is 8.75. The highest BCUT2D eigenvalue weighted by atomic mass is 32.2. The van der Waals surface area contributed by atoms with E-state index < -0.39 is 0 Å². The van der Waals surface area contributed by atoms with Crippen LogP contribution in [0.4, 0.5) is 0 Å². The maximum absolute atomic E-state index is 11.7. The largest absolute Gasteiger partial charge is 0.293 e. The normalized spacial score (nSPS) is 17.5. The molecule has 74 valence electrons. The third-order valence-electron chi connectivity index (χ3n) is 2.49. The molecular weight excluding hydrogens is 208 g/mol. The maximum atomic E-state index is 11.7. The molecule has 3 rings (SSSR count). The first-order chi connectivity index (χ1) is 7.36. The van der Waals surface area contributed by atoms with E-state index in [1.807, 2.05) is 18.2 Å². The van der Waals surface area contributed by atoms with Gasteiger partial charge in [0.2, 0.25) is 0 Å². The molecular formula is C11H8N2OS. The SMILES string of the molecule is O=C1CSc2ccc3c(c21)=NN=CCC=3. The van der Waals surface area contributed by atoms with Gasteiger partial charge in [-0.3, -0.25) is 4.79 Å². The summed E-state index contributed by atoms with van der Waals surface area (Å²) >= 11 is 1.58. The second-order valence-electron chi connectivity index (χ2n) is 3.43. The van der Waals surface area contributed by atoms with E-state index in [0.29, 0.717) is 5.75 Å². The molecule has 0 aliphatic carbocycles. The molecule has 0 unspecified atom stereocenters. The molecule has 0 aromatic heterocycles. The lowest BCUT2D eigenvalue weighted by Gasteiger charge is -1.96. The summed E-state index contributed by atoms with van der Waals surface area (Å²) in [6.07, 6.45) is 4.57. The van der Waals surface area contributed by atoms with Gasteiger partial charge in [0.25, 0.3) is 0 Å². The Morgan fingerprint density at radius 3 is 3.20 bits per heavy atom. The van der Waals surface area contributed by atoms with Gasteiger partial charge in [0.05, 0.1) is 11.3 Å². The molecule has 0 amide bonds. The average molecular weight is 216 g/mol. The van der Waals surface area contributed by atoms with E-state index in [0.717, 1.165) is 27.5 Å². The molecule has 2 aliphatic rings. The maximum Gasteiger partial charge on any atom is 0.176 e. The van der Waals surface area contributed by atoms with Crippen LogP contribution in [0.25, 0.3) is 6.08 Å². The fourth-order valence-corrected chi connectivity index (χ4v) is 2.74. The zero-order chi connectivity index (χ0) is 10.3. The number of carbonyl (C=O) groups excluding carboxylic acids is 1. The van der Waals surface area contributed by atoms with Gasteiger partial charge in [-0.2, -0.15) is 10.2 Å². The number of thioether (sulfide) groups is 1. The molecule has 0 radical (unpaired) electrons. The molecule has 0 saturated carbocycles. The van der Waals surface area contributed by atoms with Crippen LogP contribution >= 0.6 is 11.8 Å². The molecule has 1 aromatic carbocycles. The Balaban J connectivity index is 2.46. The third-order valence-corrected chi connectivity index (χ3v) is 3.55. The Hall–Kier alpha value is -1.42. The lowest BCUT2D eigenvalue weighted by atomic mass is 10.1. The molecule has 4 heteroatoms. The lowest BCUT2D eigenvalue weighted by Crippen LogP contribution is -2.30. The van der Waals surface area contributed by atoms with Crippen LogP contribution in [0.1, 0.15) is 16.8 Å². The van der Waals surface area contributed by atoms with Crippen LogP contribution in [0.2, 0.25) is 0 Å². The van der Waals surface area contributed by atoms with Crippen LogP contribution in [0.15, 0.2) is 27.2 Å². The number of fused-ring (bicyclic) bond motifs is 3. The topological polar surface area (TPSA) is 41.8 Å². The monoisotopic (exact) mass is 216 g/mol. The third kappa shape index (κ3) is 1.33. The first kappa shape index (κ1) is 8.85. The van der Waals surface area contributed by atoms with E-state index in [4.69, 9.17) is 0 Å². The van der Waals surface area contributed by atoms with Gasteiger partial charge in [-0.25, -0.2) is 0 Å². The number of hydrogen-bond donors (Lipinski definition) is 0. The van der Waals surface area contributed by atoms with Crippen molar-refractivity contribution in [3.8, 4) is 0 Å². The molecule has 1 aromatic rings. The Kier molecular flexibility index (Phi) is 1.95. The Bertz CT molecular complexity index is 589. The van der Waals surface area contributed by atoms with Gasteiger partial charge in [0.1, 0.15) is 5.36 Å². The summed E-state index contributed by atoms with van der Waals surface area (Å²) in [4.78, 5) is 12.7. The fourth-order valence-electron chi connectivity index (χ4n) is 1.79. The Morgan fingerprint density at radius 1 is 1.33 bits per heavy atom. The molecule has 0 saturated heterocycles. The molecule has 0 atom stereocenters. The van der Waals surface area contributed by atoms with E-state index in [-0.39, 0.29) is 5.78 Å². The number of nitrogens with zero attached hydrogens (tertiary/aromatic N) is 2. The minimum absolute atomic E-state index is 0.168. The van der Waals surface area contributed by atoms with Crippen molar-refractivity contribution in [2.45, 2.75) is 11.3 Å². The highest BCUT2D eigenvalue weighted by molar-refractivity contribution is 8.00. The van der Waals surface area contributed by atoms with Gasteiger partial charge in [-0.1, -0.05) is 12.1 Å². The first-order valence-corrected chi connectivity index (χ1v) is 5.73. The van der Waals surface area contributed by atoms with Crippen molar-refractivity contribution in [2.75, 3.05) is 5.75 Å². The van der Waals surface area contributed by atoms with Crippen molar-refractivity contribution in [1.82, 2.24) is 0 Å². The first-order valence-electron chi connectivity index (χ1n) is 4.75. The van der Waals surface area contributed by atoms with Gasteiger partial charge in [-0.05, 0) is 11.3 Å². The number of carbonyl (C=O) groups is 1. The van der Waals surface area contributed by atoms with E-state index in [9.17, 15) is 4.79 Å². The highest BCUT2D eigenvalue weighted by Gasteiger charge is 2.22. The van der Waals surface area contributed by atoms with Crippen LogP contribution < -0.4 is 10.6 Å². The van der Waals surface area contributed by atoms with Crippen molar-refractivity contribution < 1.29 is 4.79 Å². The van der Waals surface area contributed by atoms with Crippen molar-refractivity contribution >= 4 is 29.8 Å². The van der Waals surface area contributed by atoms with Gasteiger partial charge >= 0.3 is 0 Å². The standard InChI is InChI=1S/C11H8N2OS/c14-8-6-15-9-4-3-7-2-1-5-12-13-11(7)10(8)9/h2-5H,1,6H2. The van der Waals surface area contributed by atoms with Crippen LogP contribution in [-0.4, -0.2) is 17.8 Å². The summed E-state index contributed by atoms with van der Waals surface area (Å²) in [5, 5.41) is 9.81. The zero-order valence-electron chi connectivity index (χ0n) is 7.93. The van der Waals surface area contributed by atoms with E-state index in [1.165, 1.54) is 0 Å². The number of benzene rings is 1. The predicted molar refractivity (Wildman–Crippen MR) is 59.9 cm³/mol. The summed E-state index contributed by atoms with van der Waals surface area (Å²) in [5.41, 5.74) is 0.757. The molecule has 15 heavy (non-hydrogen) atoms.